The Labute approximate surface area is 224 Å². The smallest absolute Gasteiger partial charge is 0.261 e. The normalized spacial score (nSPS) is 14.7. The molecule has 0 aromatic heterocycles. The Morgan fingerprint density at radius 3 is 1.21 bits per heavy atom. The molecule has 2 heterocycles. The monoisotopic (exact) mass is 536 g/mol. The van der Waals surface area contributed by atoms with E-state index in [0.717, 1.165) is 20.9 Å². The molecule has 0 unspecified atom stereocenters. The van der Waals surface area contributed by atoms with Crippen LogP contribution in [-0.4, -0.2) is 41.8 Å². The van der Waals surface area contributed by atoms with Gasteiger partial charge in [0.05, 0.1) is 45.1 Å². The molecule has 0 radical (unpaired) electrons. The van der Waals surface area contributed by atoms with Crippen molar-refractivity contribution in [2.75, 3.05) is 0 Å². The first kappa shape index (κ1) is 24.4. The number of imide groups is 2. The molecule has 4 aromatic carbocycles. The van der Waals surface area contributed by atoms with Crippen LogP contribution in [-0.2, 0) is 22.9 Å². The summed E-state index contributed by atoms with van der Waals surface area (Å²) in [5.74, 6) is -2.16. The molecule has 0 fully saturated rings. The van der Waals surface area contributed by atoms with Gasteiger partial charge in [-0.15, -0.1) is 0 Å². The molecule has 2 aliphatic heterocycles. The molecule has 8 nitrogen and oxygen atoms in total. The Morgan fingerprint density at radius 1 is 0.462 bits per heavy atom. The van der Waals surface area contributed by atoms with Crippen LogP contribution in [0.4, 0.5) is 0 Å². The Kier molecular flexibility index (Phi) is 5.73. The van der Waals surface area contributed by atoms with E-state index in [1.54, 1.807) is 48.5 Å². The largest absolute Gasteiger partial charge is 0.270 e. The highest BCUT2D eigenvalue weighted by Crippen LogP contribution is 2.32. The molecule has 4 aromatic rings. The van der Waals surface area contributed by atoms with E-state index in [4.69, 9.17) is 0 Å². The minimum atomic E-state index is -4.18. The van der Waals surface area contributed by atoms with Crippen LogP contribution in [0.1, 0.15) is 52.6 Å². The molecule has 0 spiro atoms. The SMILES string of the molecule is O=C1c2ccc(S(=O)(=O)c3ccc4c(c3)C(=O)N(Cc3ccccc3)C4=O)cc2C(=O)N1Cc1ccccc1. The van der Waals surface area contributed by atoms with Gasteiger partial charge in [0.1, 0.15) is 0 Å². The highest BCUT2D eigenvalue weighted by Gasteiger charge is 2.39. The van der Waals surface area contributed by atoms with E-state index in [9.17, 15) is 27.6 Å². The highest BCUT2D eigenvalue weighted by molar-refractivity contribution is 7.91. The summed E-state index contributed by atoms with van der Waals surface area (Å²) in [7, 11) is -4.18. The van der Waals surface area contributed by atoms with Gasteiger partial charge in [0, 0.05) is 0 Å². The number of amides is 4. The predicted molar refractivity (Wildman–Crippen MR) is 140 cm³/mol. The molecular formula is C30H20N2O6S. The van der Waals surface area contributed by atoms with Crippen molar-refractivity contribution in [3.8, 4) is 0 Å². The second-order valence-electron chi connectivity index (χ2n) is 9.28. The fraction of sp³-hybridized carbons (Fsp3) is 0.0667. The van der Waals surface area contributed by atoms with Crippen molar-refractivity contribution < 1.29 is 27.6 Å². The van der Waals surface area contributed by atoms with Crippen molar-refractivity contribution in [2.45, 2.75) is 22.9 Å². The van der Waals surface area contributed by atoms with Crippen molar-refractivity contribution in [3.63, 3.8) is 0 Å². The van der Waals surface area contributed by atoms with E-state index in [1.807, 2.05) is 12.1 Å². The maximum absolute atomic E-state index is 13.5. The maximum Gasteiger partial charge on any atom is 0.261 e. The lowest BCUT2D eigenvalue weighted by atomic mass is 10.1. The second kappa shape index (κ2) is 9.14. The zero-order chi connectivity index (χ0) is 27.3. The first-order valence-corrected chi connectivity index (χ1v) is 13.6. The molecule has 0 aliphatic carbocycles. The second-order valence-corrected chi connectivity index (χ2v) is 11.2. The van der Waals surface area contributed by atoms with E-state index in [1.165, 1.54) is 36.4 Å². The number of rotatable bonds is 6. The van der Waals surface area contributed by atoms with Crippen molar-refractivity contribution >= 4 is 33.5 Å². The van der Waals surface area contributed by atoms with Crippen LogP contribution in [0, 0.1) is 0 Å². The van der Waals surface area contributed by atoms with Crippen LogP contribution in [0.5, 0.6) is 0 Å². The van der Waals surface area contributed by atoms with Gasteiger partial charge in [-0.25, -0.2) is 8.42 Å². The molecule has 0 saturated heterocycles. The quantitative estimate of drug-likeness (QED) is 0.343. The molecule has 0 N–H and O–H groups in total. The summed E-state index contributed by atoms with van der Waals surface area (Å²) in [6.45, 7) is 0.130. The van der Waals surface area contributed by atoms with Gasteiger partial charge in [-0.05, 0) is 47.5 Å². The minimum absolute atomic E-state index is 0.00143. The maximum atomic E-state index is 13.5. The summed E-state index contributed by atoms with van der Waals surface area (Å²) in [5, 5.41) is 0. The van der Waals surface area contributed by atoms with Crippen LogP contribution < -0.4 is 0 Å². The average molecular weight is 537 g/mol. The van der Waals surface area contributed by atoms with Crippen LogP contribution >= 0.6 is 0 Å². The number of hydrogen-bond donors (Lipinski definition) is 0. The average Bonchev–Trinajstić information content (AvgIpc) is 3.34. The van der Waals surface area contributed by atoms with Crippen molar-refractivity contribution in [3.05, 3.63) is 130 Å². The number of carbonyl (C=O) groups excluding carboxylic acids is 4. The molecule has 2 aliphatic rings. The van der Waals surface area contributed by atoms with E-state index < -0.39 is 33.5 Å². The lowest BCUT2D eigenvalue weighted by molar-refractivity contribution is 0.0627. The van der Waals surface area contributed by atoms with E-state index in [0.29, 0.717) is 0 Å². The Hall–Kier alpha value is -4.89. The number of benzene rings is 4. The molecule has 0 atom stereocenters. The molecule has 192 valence electrons. The lowest BCUT2D eigenvalue weighted by Crippen LogP contribution is -2.29. The number of nitrogens with zero attached hydrogens (tertiary/aromatic N) is 2. The fourth-order valence-electron chi connectivity index (χ4n) is 4.83. The van der Waals surface area contributed by atoms with Gasteiger partial charge in [-0.2, -0.15) is 0 Å². The Balaban J connectivity index is 1.30. The van der Waals surface area contributed by atoms with Gasteiger partial charge in [0.2, 0.25) is 9.84 Å². The lowest BCUT2D eigenvalue weighted by Gasteiger charge is -2.13. The molecular weight excluding hydrogens is 516 g/mol. The number of carbonyl (C=O) groups is 4. The van der Waals surface area contributed by atoms with Gasteiger partial charge >= 0.3 is 0 Å². The first-order valence-electron chi connectivity index (χ1n) is 12.1. The summed E-state index contributed by atoms with van der Waals surface area (Å²) in [4.78, 5) is 53.7. The molecule has 39 heavy (non-hydrogen) atoms. The van der Waals surface area contributed by atoms with Crippen molar-refractivity contribution in [1.82, 2.24) is 9.80 Å². The summed E-state index contributed by atoms with van der Waals surface area (Å²) in [6, 6.07) is 25.6. The summed E-state index contributed by atoms with van der Waals surface area (Å²) in [6.07, 6.45) is 0. The molecule has 0 saturated carbocycles. The zero-order valence-electron chi connectivity index (χ0n) is 20.4. The number of hydrogen-bond acceptors (Lipinski definition) is 6. The van der Waals surface area contributed by atoms with Crippen LogP contribution in [0.2, 0.25) is 0 Å². The van der Waals surface area contributed by atoms with Crippen molar-refractivity contribution in [2.24, 2.45) is 0 Å². The third-order valence-electron chi connectivity index (χ3n) is 6.87. The third kappa shape index (κ3) is 4.04. The third-order valence-corrected chi connectivity index (χ3v) is 8.62. The van der Waals surface area contributed by atoms with Crippen LogP contribution in [0.25, 0.3) is 0 Å². The zero-order valence-corrected chi connectivity index (χ0v) is 21.2. The predicted octanol–water partition coefficient (Wildman–Crippen LogP) is 4.11. The van der Waals surface area contributed by atoms with Crippen LogP contribution in [0.15, 0.2) is 107 Å². The molecule has 4 amide bonds. The molecule has 9 heteroatoms. The highest BCUT2D eigenvalue weighted by atomic mass is 32.2. The minimum Gasteiger partial charge on any atom is -0.270 e. The Bertz CT molecular complexity index is 1670. The van der Waals surface area contributed by atoms with Gasteiger partial charge in [-0.3, -0.25) is 29.0 Å². The van der Waals surface area contributed by atoms with Gasteiger partial charge in [0.25, 0.3) is 23.6 Å². The summed E-state index contributed by atoms with van der Waals surface area (Å²) < 4.78 is 27.1. The topological polar surface area (TPSA) is 109 Å². The Morgan fingerprint density at radius 2 is 0.821 bits per heavy atom. The standard InChI is InChI=1S/C30H20N2O6S/c33-27-23-13-11-21(15-25(23)29(35)31(27)17-19-7-3-1-4-8-19)39(37,38)22-12-14-24-26(16-22)30(36)32(28(24)34)18-20-9-5-2-6-10-20/h1-16H,17-18H2. The van der Waals surface area contributed by atoms with Crippen molar-refractivity contribution in [1.29, 1.82) is 0 Å². The van der Waals surface area contributed by atoms with Gasteiger partial charge < -0.3 is 0 Å². The summed E-state index contributed by atoms with van der Waals surface area (Å²) in [5.41, 5.74) is 1.77. The summed E-state index contributed by atoms with van der Waals surface area (Å²) >= 11 is 0. The molecule has 0 bridgehead atoms. The first-order chi connectivity index (χ1) is 18.8. The van der Waals surface area contributed by atoms with E-state index in [-0.39, 0.29) is 45.1 Å². The van der Waals surface area contributed by atoms with Gasteiger partial charge in [-0.1, -0.05) is 60.7 Å². The number of sulfone groups is 1. The molecule has 6 rings (SSSR count). The van der Waals surface area contributed by atoms with Crippen LogP contribution in [0.3, 0.4) is 0 Å². The van der Waals surface area contributed by atoms with E-state index >= 15 is 0 Å². The van der Waals surface area contributed by atoms with Gasteiger partial charge in [0.15, 0.2) is 0 Å². The fourth-order valence-corrected chi connectivity index (χ4v) is 6.14. The number of fused-ring (bicyclic) bond motifs is 2. The van der Waals surface area contributed by atoms with E-state index in [2.05, 4.69) is 0 Å².